The van der Waals surface area contributed by atoms with Crippen molar-refractivity contribution in [3.63, 3.8) is 0 Å². The van der Waals surface area contributed by atoms with Gasteiger partial charge in [-0.15, -0.1) is 0 Å². The zero-order valence-electron chi connectivity index (χ0n) is 27.7. The molecule has 0 radical (unpaired) electrons. The lowest BCUT2D eigenvalue weighted by Gasteiger charge is -2.18. The Morgan fingerprint density at radius 2 is 0.577 bits per heavy atom. The molecule has 8 nitrogen and oxygen atoms in total. The predicted octanol–water partition coefficient (Wildman–Crippen LogP) is 9.38. The van der Waals surface area contributed by atoms with Crippen molar-refractivity contribution in [2.75, 3.05) is 0 Å². The number of nitrogens with zero attached hydrogens (tertiary/aromatic N) is 8. The van der Waals surface area contributed by atoms with Gasteiger partial charge in [-0.3, -0.25) is 29.9 Å². The van der Waals surface area contributed by atoms with E-state index in [1.807, 2.05) is 61.2 Å². The van der Waals surface area contributed by atoms with Crippen molar-refractivity contribution in [2.24, 2.45) is 9.98 Å². The van der Waals surface area contributed by atoms with Crippen molar-refractivity contribution < 1.29 is 0 Å². The smallest absolute Gasteiger partial charge is 0.0914 e. The molecule has 0 saturated carbocycles. The molecule has 0 aliphatic carbocycles. The third-order valence-corrected chi connectivity index (χ3v) is 9.06. The highest BCUT2D eigenvalue weighted by Gasteiger charge is 2.21. The Kier molecular flexibility index (Phi) is 7.99. The van der Waals surface area contributed by atoms with E-state index in [-0.39, 0.29) is 0 Å². The van der Waals surface area contributed by atoms with E-state index in [0.717, 1.165) is 89.6 Å². The van der Waals surface area contributed by atoms with Gasteiger partial charge in [0.25, 0.3) is 0 Å². The molecule has 7 heterocycles. The van der Waals surface area contributed by atoms with Crippen LogP contribution in [0.5, 0.6) is 0 Å². The molecule has 0 N–H and O–H groups in total. The summed E-state index contributed by atoms with van der Waals surface area (Å²) in [5, 5.41) is 0. The van der Waals surface area contributed by atoms with Crippen LogP contribution in [0.2, 0.25) is 0 Å². The largest absolute Gasteiger partial charge is 0.265 e. The SMILES string of the molecule is c1cc(-c2cncc(-c3ccc(C4=Nc5cnccc5C(c5ccc(-c6cncc(-c7ccncc7)c6)cc5)=Nc5cnccc54)cc3)c2)ccn1. The molecule has 1 aliphatic heterocycles. The second kappa shape index (κ2) is 13.5. The third kappa shape index (κ3) is 6.05. The monoisotopic (exact) mass is 668 g/mol. The first kappa shape index (κ1) is 30.7. The van der Waals surface area contributed by atoms with Gasteiger partial charge >= 0.3 is 0 Å². The van der Waals surface area contributed by atoms with Crippen molar-refractivity contribution in [3.8, 4) is 44.5 Å². The summed E-state index contributed by atoms with van der Waals surface area (Å²) in [6, 6.07) is 33.0. The van der Waals surface area contributed by atoms with E-state index in [1.54, 1.807) is 49.6 Å². The Morgan fingerprint density at radius 3 is 0.962 bits per heavy atom. The maximum Gasteiger partial charge on any atom is 0.0914 e. The van der Waals surface area contributed by atoms with Crippen molar-refractivity contribution >= 4 is 22.8 Å². The number of aliphatic imine (C=N–C) groups is 2. The Balaban J connectivity index is 1.07. The first-order valence-electron chi connectivity index (χ1n) is 16.8. The van der Waals surface area contributed by atoms with Gasteiger partial charge in [-0.1, -0.05) is 48.5 Å². The van der Waals surface area contributed by atoms with Crippen LogP contribution in [0.25, 0.3) is 44.5 Å². The third-order valence-electron chi connectivity index (χ3n) is 9.06. The van der Waals surface area contributed by atoms with E-state index in [0.29, 0.717) is 0 Å². The number of pyridine rings is 6. The van der Waals surface area contributed by atoms with E-state index in [1.165, 1.54) is 0 Å². The van der Waals surface area contributed by atoms with Crippen molar-refractivity contribution in [1.29, 1.82) is 0 Å². The zero-order chi connectivity index (χ0) is 34.7. The van der Waals surface area contributed by atoms with E-state index in [9.17, 15) is 0 Å². The maximum absolute atomic E-state index is 5.26. The summed E-state index contributed by atoms with van der Waals surface area (Å²) in [5.74, 6) is 0. The van der Waals surface area contributed by atoms with E-state index in [4.69, 9.17) is 9.98 Å². The summed E-state index contributed by atoms with van der Waals surface area (Å²) in [5.41, 5.74) is 15.1. The molecule has 244 valence electrons. The molecule has 0 amide bonds. The summed E-state index contributed by atoms with van der Waals surface area (Å²) >= 11 is 0. The van der Waals surface area contributed by atoms with Gasteiger partial charge < -0.3 is 0 Å². The second-order valence-electron chi connectivity index (χ2n) is 12.3. The van der Waals surface area contributed by atoms with Gasteiger partial charge in [0, 0.05) is 106 Å². The lowest BCUT2D eigenvalue weighted by Crippen LogP contribution is -2.10. The molecule has 0 spiro atoms. The van der Waals surface area contributed by atoms with Crippen LogP contribution in [0.4, 0.5) is 11.4 Å². The molecule has 9 rings (SSSR count). The minimum atomic E-state index is 0.732. The molecule has 2 aromatic carbocycles. The molecule has 6 aromatic heterocycles. The van der Waals surface area contributed by atoms with Crippen LogP contribution in [-0.4, -0.2) is 41.3 Å². The van der Waals surface area contributed by atoms with Crippen LogP contribution < -0.4 is 0 Å². The summed E-state index contributed by atoms with van der Waals surface area (Å²) < 4.78 is 0. The molecule has 0 bridgehead atoms. The summed E-state index contributed by atoms with van der Waals surface area (Å²) in [4.78, 5) is 36.8. The minimum Gasteiger partial charge on any atom is -0.265 e. The fraction of sp³-hybridized carbons (Fsp3) is 0. The van der Waals surface area contributed by atoms with E-state index in [2.05, 4.69) is 90.6 Å². The van der Waals surface area contributed by atoms with Crippen LogP contribution >= 0.6 is 0 Å². The van der Waals surface area contributed by atoms with Gasteiger partial charge in [0.15, 0.2) is 0 Å². The molecule has 1 aliphatic rings. The summed E-state index contributed by atoms with van der Waals surface area (Å²) in [6.07, 6.45) is 21.8. The number of hydrogen-bond donors (Lipinski definition) is 0. The number of aromatic nitrogens is 6. The topological polar surface area (TPSA) is 102 Å². The maximum atomic E-state index is 5.26. The van der Waals surface area contributed by atoms with Crippen LogP contribution in [0, 0.1) is 0 Å². The standard InChI is InChI=1S/C44H28N8/c1-5-33(6-2-29(1)35-21-37(25-49-23-35)31-9-15-45-16-10-31)43-39-13-19-47-27-41(39)52-44(40-14-20-48-28-42(40)51-43)34-7-3-30(4-8-34)36-22-38(26-50-24-36)32-11-17-46-18-12-32/h1-28H. The van der Waals surface area contributed by atoms with Crippen LogP contribution in [-0.2, 0) is 0 Å². The molecule has 52 heavy (non-hydrogen) atoms. The quantitative estimate of drug-likeness (QED) is 0.175. The van der Waals surface area contributed by atoms with Crippen LogP contribution in [0.1, 0.15) is 22.3 Å². The van der Waals surface area contributed by atoms with Gasteiger partial charge in [-0.2, -0.15) is 0 Å². The highest BCUT2D eigenvalue weighted by atomic mass is 14.9. The van der Waals surface area contributed by atoms with Gasteiger partial charge in [-0.25, -0.2) is 9.98 Å². The highest BCUT2D eigenvalue weighted by Crippen LogP contribution is 2.34. The lowest BCUT2D eigenvalue weighted by atomic mass is 9.95. The fourth-order valence-corrected chi connectivity index (χ4v) is 6.39. The Morgan fingerprint density at radius 1 is 0.250 bits per heavy atom. The van der Waals surface area contributed by atoms with Crippen LogP contribution in [0.3, 0.4) is 0 Å². The molecular formula is C44H28N8. The number of benzene rings is 2. The lowest BCUT2D eigenvalue weighted by molar-refractivity contribution is 1.26. The predicted molar refractivity (Wildman–Crippen MR) is 205 cm³/mol. The Bertz CT molecular complexity index is 2420. The van der Waals surface area contributed by atoms with Crippen molar-refractivity contribution in [2.45, 2.75) is 0 Å². The van der Waals surface area contributed by atoms with Crippen molar-refractivity contribution in [3.05, 3.63) is 194 Å². The molecule has 0 saturated heterocycles. The minimum absolute atomic E-state index is 0.732. The zero-order valence-corrected chi connectivity index (χ0v) is 27.7. The molecular weight excluding hydrogens is 641 g/mol. The van der Waals surface area contributed by atoms with Gasteiger partial charge in [-0.05, 0) is 70.8 Å². The summed E-state index contributed by atoms with van der Waals surface area (Å²) in [6.45, 7) is 0. The van der Waals surface area contributed by atoms with Gasteiger partial charge in [0.05, 0.1) is 35.2 Å². The first-order valence-corrected chi connectivity index (χ1v) is 16.8. The molecule has 0 fully saturated rings. The fourth-order valence-electron chi connectivity index (χ4n) is 6.39. The average Bonchev–Trinajstić information content (AvgIpc) is 3.22. The second-order valence-corrected chi connectivity index (χ2v) is 12.3. The van der Waals surface area contributed by atoms with Gasteiger partial charge in [0.2, 0.25) is 0 Å². The molecule has 0 unspecified atom stereocenters. The highest BCUT2D eigenvalue weighted by molar-refractivity contribution is 6.22. The normalized spacial score (nSPS) is 12.1. The number of fused-ring (bicyclic) bond motifs is 2. The molecule has 8 heteroatoms. The van der Waals surface area contributed by atoms with Crippen LogP contribution in [0.15, 0.2) is 181 Å². The van der Waals surface area contributed by atoms with Crippen molar-refractivity contribution in [1.82, 2.24) is 29.9 Å². The number of hydrogen-bond acceptors (Lipinski definition) is 8. The van der Waals surface area contributed by atoms with E-state index < -0.39 is 0 Å². The van der Waals surface area contributed by atoms with Gasteiger partial charge in [0.1, 0.15) is 0 Å². The Hall–Kier alpha value is -7.32. The Labute approximate surface area is 300 Å². The number of rotatable bonds is 6. The summed E-state index contributed by atoms with van der Waals surface area (Å²) in [7, 11) is 0. The first-order chi connectivity index (χ1) is 25.8. The van der Waals surface area contributed by atoms with E-state index >= 15 is 0 Å². The average molecular weight is 669 g/mol. The molecule has 8 aromatic rings. The molecule has 0 atom stereocenters.